The topological polar surface area (TPSA) is 64.6 Å². The molecule has 0 saturated heterocycles. The summed E-state index contributed by atoms with van der Waals surface area (Å²) in [5, 5.41) is 2.45. The molecule has 0 aliphatic carbocycles. The minimum absolute atomic E-state index is 0.125. The number of hydrogen-bond donors (Lipinski definition) is 1. The van der Waals surface area contributed by atoms with Gasteiger partial charge in [0.05, 0.1) is 12.7 Å². The first-order chi connectivity index (χ1) is 15.0. The molecule has 0 aliphatic rings. The van der Waals surface area contributed by atoms with Crippen molar-refractivity contribution >= 4 is 11.9 Å². The number of rotatable bonds is 8. The van der Waals surface area contributed by atoms with Crippen molar-refractivity contribution in [2.75, 3.05) is 7.11 Å². The standard InChI is InChI=1S/C24H21F2NO4/c1-30-24(29)22(27-23(28)20-12-9-18(25)14-21(20)26)13-16-7-10-19(11-8-16)31-15-17-5-3-2-4-6-17/h2-12,14,22H,13,15H2,1H3,(H,27,28)/t22-/m1/s1. The van der Waals surface area contributed by atoms with E-state index in [4.69, 9.17) is 9.47 Å². The van der Waals surface area contributed by atoms with Gasteiger partial charge in [-0.1, -0.05) is 42.5 Å². The summed E-state index contributed by atoms with van der Waals surface area (Å²) >= 11 is 0. The van der Waals surface area contributed by atoms with Gasteiger partial charge in [-0.05, 0) is 35.4 Å². The van der Waals surface area contributed by atoms with Crippen molar-refractivity contribution in [3.05, 3.63) is 101 Å². The number of methoxy groups -OCH3 is 1. The summed E-state index contributed by atoms with van der Waals surface area (Å²) in [6.07, 6.45) is 0.125. The van der Waals surface area contributed by atoms with Crippen LogP contribution < -0.4 is 10.1 Å². The summed E-state index contributed by atoms with van der Waals surface area (Å²) in [6, 6.07) is 18.3. The van der Waals surface area contributed by atoms with Gasteiger partial charge in [-0.15, -0.1) is 0 Å². The molecule has 3 aromatic carbocycles. The molecule has 0 fully saturated rings. The number of benzene rings is 3. The molecule has 31 heavy (non-hydrogen) atoms. The van der Waals surface area contributed by atoms with Gasteiger partial charge in [-0.2, -0.15) is 0 Å². The molecule has 1 amide bonds. The molecule has 0 bridgehead atoms. The third-order valence-corrected chi connectivity index (χ3v) is 4.58. The predicted molar refractivity (Wildman–Crippen MR) is 111 cm³/mol. The lowest BCUT2D eigenvalue weighted by Gasteiger charge is -2.17. The minimum Gasteiger partial charge on any atom is -0.489 e. The van der Waals surface area contributed by atoms with Crippen LogP contribution in [0.4, 0.5) is 8.78 Å². The van der Waals surface area contributed by atoms with Gasteiger partial charge in [-0.3, -0.25) is 4.79 Å². The summed E-state index contributed by atoms with van der Waals surface area (Å²) in [5.74, 6) is -2.68. The van der Waals surface area contributed by atoms with Crippen molar-refractivity contribution in [3.63, 3.8) is 0 Å². The number of ether oxygens (including phenoxy) is 2. The van der Waals surface area contributed by atoms with Gasteiger partial charge in [0, 0.05) is 12.5 Å². The molecule has 0 aliphatic heterocycles. The summed E-state index contributed by atoms with van der Waals surface area (Å²) in [5.41, 5.74) is 1.41. The highest BCUT2D eigenvalue weighted by Crippen LogP contribution is 2.16. The highest BCUT2D eigenvalue weighted by atomic mass is 19.1. The molecule has 1 atom stereocenters. The van der Waals surface area contributed by atoms with Crippen molar-refractivity contribution in [1.82, 2.24) is 5.32 Å². The predicted octanol–water partition coefficient (Wildman–Crippen LogP) is 4.06. The number of carbonyl (C=O) groups excluding carboxylic acids is 2. The monoisotopic (exact) mass is 425 g/mol. The Balaban J connectivity index is 1.65. The minimum atomic E-state index is -1.04. The van der Waals surface area contributed by atoms with Crippen LogP contribution in [0.15, 0.2) is 72.8 Å². The van der Waals surface area contributed by atoms with Crippen LogP contribution in [-0.4, -0.2) is 25.0 Å². The molecule has 160 valence electrons. The van der Waals surface area contributed by atoms with E-state index in [1.54, 1.807) is 24.3 Å². The Morgan fingerprint density at radius 2 is 1.65 bits per heavy atom. The Hall–Kier alpha value is -3.74. The van der Waals surface area contributed by atoms with Gasteiger partial charge in [0.1, 0.15) is 30.0 Å². The molecule has 0 radical (unpaired) electrons. The zero-order valence-electron chi connectivity index (χ0n) is 16.8. The molecule has 0 heterocycles. The highest BCUT2D eigenvalue weighted by molar-refractivity contribution is 5.97. The number of halogens is 2. The van der Waals surface area contributed by atoms with Gasteiger partial charge >= 0.3 is 5.97 Å². The van der Waals surface area contributed by atoms with Crippen LogP contribution in [0.1, 0.15) is 21.5 Å². The quantitative estimate of drug-likeness (QED) is 0.553. The van der Waals surface area contributed by atoms with E-state index in [-0.39, 0.29) is 12.0 Å². The number of hydrogen-bond acceptors (Lipinski definition) is 4. The summed E-state index contributed by atoms with van der Waals surface area (Å²) in [4.78, 5) is 24.5. The number of carbonyl (C=O) groups is 2. The van der Waals surface area contributed by atoms with E-state index in [0.717, 1.165) is 23.3 Å². The smallest absolute Gasteiger partial charge is 0.328 e. The molecule has 3 aromatic rings. The van der Waals surface area contributed by atoms with Gasteiger partial charge in [-0.25, -0.2) is 13.6 Å². The van der Waals surface area contributed by atoms with Gasteiger partial charge in [0.2, 0.25) is 0 Å². The Morgan fingerprint density at radius 3 is 2.29 bits per heavy atom. The molecule has 3 rings (SSSR count). The molecule has 0 unspecified atom stereocenters. The second-order valence-corrected chi connectivity index (χ2v) is 6.80. The Kier molecular flexibility index (Phi) is 7.32. The van der Waals surface area contributed by atoms with Crippen molar-refractivity contribution in [2.24, 2.45) is 0 Å². The largest absolute Gasteiger partial charge is 0.489 e. The summed E-state index contributed by atoms with van der Waals surface area (Å²) in [6.45, 7) is 0.421. The maximum Gasteiger partial charge on any atom is 0.328 e. The fraction of sp³-hybridized carbons (Fsp3) is 0.167. The highest BCUT2D eigenvalue weighted by Gasteiger charge is 2.24. The first-order valence-electron chi connectivity index (χ1n) is 9.55. The maximum absolute atomic E-state index is 13.9. The zero-order valence-corrected chi connectivity index (χ0v) is 16.8. The fourth-order valence-corrected chi connectivity index (χ4v) is 2.94. The first-order valence-corrected chi connectivity index (χ1v) is 9.55. The SMILES string of the molecule is COC(=O)[C@@H](Cc1ccc(OCc2ccccc2)cc1)NC(=O)c1ccc(F)cc1F. The van der Waals surface area contributed by atoms with Crippen molar-refractivity contribution in [2.45, 2.75) is 19.1 Å². The zero-order chi connectivity index (χ0) is 22.2. The molecule has 7 heteroatoms. The van der Waals surface area contributed by atoms with E-state index >= 15 is 0 Å². The van der Waals surface area contributed by atoms with E-state index in [0.29, 0.717) is 18.4 Å². The third kappa shape index (κ3) is 6.12. The van der Waals surface area contributed by atoms with Crippen LogP contribution in [0.5, 0.6) is 5.75 Å². The third-order valence-electron chi connectivity index (χ3n) is 4.58. The van der Waals surface area contributed by atoms with Crippen LogP contribution in [0.2, 0.25) is 0 Å². The van der Waals surface area contributed by atoms with E-state index in [1.807, 2.05) is 30.3 Å². The first kappa shape index (κ1) is 22.0. The van der Waals surface area contributed by atoms with Crippen LogP contribution in [0.25, 0.3) is 0 Å². The van der Waals surface area contributed by atoms with Crippen LogP contribution in [0.3, 0.4) is 0 Å². The fourth-order valence-electron chi connectivity index (χ4n) is 2.94. The number of amides is 1. The number of nitrogens with one attached hydrogen (secondary N) is 1. The van der Waals surface area contributed by atoms with Crippen LogP contribution in [-0.2, 0) is 22.6 Å². The molecular weight excluding hydrogens is 404 g/mol. The van der Waals surface area contributed by atoms with Gasteiger partial charge in [0.15, 0.2) is 0 Å². The summed E-state index contributed by atoms with van der Waals surface area (Å²) in [7, 11) is 1.19. The van der Waals surface area contributed by atoms with Gasteiger partial charge in [0.25, 0.3) is 5.91 Å². The number of esters is 1. The van der Waals surface area contributed by atoms with Crippen molar-refractivity contribution in [3.8, 4) is 5.75 Å². The maximum atomic E-state index is 13.9. The lowest BCUT2D eigenvalue weighted by Crippen LogP contribution is -2.43. The Labute approximate surface area is 178 Å². The van der Waals surface area contributed by atoms with E-state index in [2.05, 4.69) is 5.32 Å². The Bertz CT molecular complexity index is 1040. The van der Waals surface area contributed by atoms with E-state index in [9.17, 15) is 18.4 Å². The lowest BCUT2D eigenvalue weighted by atomic mass is 10.0. The molecule has 0 saturated carbocycles. The molecule has 5 nitrogen and oxygen atoms in total. The molecule has 0 spiro atoms. The molecule has 1 N–H and O–H groups in total. The average molecular weight is 425 g/mol. The van der Waals surface area contributed by atoms with Crippen molar-refractivity contribution in [1.29, 1.82) is 0 Å². The second-order valence-electron chi connectivity index (χ2n) is 6.80. The van der Waals surface area contributed by atoms with Crippen LogP contribution >= 0.6 is 0 Å². The van der Waals surface area contributed by atoms with E-state index < -0.39 is 29.6 Å². The molecule has 0 aromatic heterocycles. The van der Waals surface area contributed by atoms with E-state index in [1.165, 1.54) is 7.11 Å². The summed E-state index contributed by atoms with van der Waals surface area (Å²) < 4.78 is 37.4. The van der Waals surface area contributed by atoms with Gasteiger partial charge < -0.3 is 14.8 Å². The van der Waals surface area contributed by atoms with Crippen molar-refractivity contribution < 1.29 is 27.8 Å². The van der Waals surface area contributed by atoms with Crippen LogP contribution in [0, 0.1) is 11.6 Å². The average Bonchev–Trinajstić information content (AvgIpc) is 2.78. The lowest BCUT2D eigenvalue weighted by molar-refractivity contribution is -0.142. The Morgan fingerprint density at radius 1 is 0.935 bits per heavy atom. The molecular formula is C24H21F2NO4. The normalized spacial score (nSPS) is 11.5. The second kappa shape index (κ2) is 10.3.